The second-order valence-corrected chi connectivity index (χ2v) is 8.81. The van der Waals surface area contributed by atoms with Crippen LogP contribution in [0.5, 0.6) is 0 Å². The smallest absolute Gasteiger partial charge is 0.137 e. The number of benzene rings is 2. The number of nitrogens with zero attached hydrogens (tertiary/aromatic N) is 6. The third-order valence-corrected chi connectivity index (χ3v) is 6.51. The Labute approximate surface area is 222 Å². The number of fused-ring (bicyclic) bond motifs is 4. The lowest BCUT2D eigenvalue weighted by molar-refractivity contribution is 1.05. The van der Waals surface area contributed by atoms with Crippen molar-refractivity contribution < 1.29 is 4.11 Å². The Morgan fingerprint density at radius 3 is 2.00 bits per heavy atom. The summed E-state index contributed by atoms with van der Waals surface area (Å²) in [5.41, 5.74) is 1.67. The van der Waals surface area contributed by atoms with Gasteiger partial charge in [0.15, 0.2) is 0 Å². The van der Waals surface area contributed by atoms with E-state index in [2.05, 4.69) is 48.8 Å². The molecule has 6 heteroatoms. The molecule has 0 unspecified atom stereocenters. The Kier molecular flexibility index (Phi) is 4.59. The fourth-order valence-electron chi connectivity index (χ4n) is 4.57. The van der Waals surface area contributed by atoms with Crippen LogP contribution in [0.2, 0.25) is 0 Å². The minimum Gasteiger partial charge on any atom is -0.300 e. The van der Waals surface area contributed by atoms with E-state index in [-0.39, 0.29) is 18.5 Å². The van der Waals surface area contributed by atoms with E-state index < -0.39 is 0 Å². The lowest BCUT2D eigenvalue weighted by Gasteiger charge is -2.05. The van der Waals surface area contributed by atoms with Crippen LogP contribution >= 0.6 is 0 Å². The van der Waals surface area contributed by atoms with E-state index in [0.717, 1.165) is 32.9 Å². The average Bonchev–Trinajstić information content (AvgIpc) is 3.62. The number of hydrogen-bond donors (Lipinski definition) is 0. The molecule has 0 fully saturated rings. The molecule has 6 aromatic heterocycles. The molecular weight excluding hydrogens is 468 g/mol. The molecule has 0 amide bonds. The van der Waals surface area contributed by atoms with Gasteiger partial charge < -0.3 is 0 Å². The van der Waals surface area contributed by atoms with E-state index in [1.807, 2.05) is 73.2 Å². The highest BCUT2D eigenvalue weighted by Gasteiger charge is 2.06. The summed E-state index contributed by atoms with van der Waals surface area (Å²) in [7, 11) is 0. The van der Waals surface area contributed by atoms with Crippen molar-refractivity contribution in [2.24, 2.45) is 0 Å². The Hall–Kier alpha value is -5.36. The summed E-state index contributed by atoms with van der Waals surface area (Å²) in [5.74, 6) is 1.49. The largest absolute Gasteiger partial charge is 0.300 e. The van der Waals surface area contributed by atoms with Gasteiger partial charge in [0.1, 0.15) is 11.6 Å². The fourth-order valence-corrected chi connectivity index (χ4v) is 4.57. The predicted octanol–water partition coefficient (Wildman–Crippen LogP) is 7.15. The molecule has 6 nitrogen and oxygen atoms in total. The Balaban J connectivity index is 0.000000136. The Bertz CT molecular complexity index is 2220. The van der Waals surface area contributed by atoms with Crippen molar-refractivity contribution in [2.75, 3.05) is 0 Å². The fraction of sp³-hybridized carbons (Fsp3) is 0. The summed E-state index contributed by atoms with van der Waals surface area (Å²) >= 11 is 0. The third-order valence-electron chi connectivity index (χ3n) is 6.51. The van der Waals surface area contributed by atoms with Crippen LogP contribution in [0.4, 0.5) is 0 Å². The summed E-state index contributed by atoms with van der Waals surface area (Å²) in [6, 6.07) is 27.4. The molecule has 0 bridgehead atoms. The quantitative estimate of drug-likeness (QED) is 0.255. The Morgan fingerprint density at radius 2 is 1.18 bits per heavy atom. The zero-order valence-electron chi connectivity index (χ0n) is 23.2. The molecule has 0 spiro atoms. The van der Waals surface area contributed by atoms with Crippen molar-refractivity contribution >= 4 is 43.4 Å². The van der Waals surface area contributed by atoms with Gasteiger partial charge in [0.2, 0.25) is 0 Å². The summed E-state index contributed by atoms with van der Waals surface area (Å²) in [4.78, 5) is 16.9. The van der Waals surface area contributed by atoms with E-state index in [1.165, 1.54) is 10.8 Å². The third kappa shape index (κ3) is 3.94. The van der Waals surface area contributed by atoms with Crippen LogP contribution in [0.25, 0.3) is 55.0 Å². The minimum atomic E-state index is 0.0361. The van der Waals surface area contributed by atoms with Gasteiger partial charge >= 0.3 is 0 Å². The molecule has 8 aromatic rings. The molecule has 38 heavy (non-hydrogen) atoms. The van der Waals surface area contributed by atoms with E-state index in [1.54, 1.807) is 23.0 Å². The van der Waals surface area contributed by atoms with Crippen LogP contribution in [-0.4, -0.2) is 29.1 Å². The topological polar surface area (TPSA) is 61.4 Å². The van der Waals surface area contributed by atoms with Gasteiger partial charge in [0, 0.05) is 58.7 Å². The molecule has 0 aliphatic rings. The van der Waals surface area contributed by atoms with Crippen LogP contribution in [-0.2, 0) is 0 Å². The number of hydrogen-bond acceptors (Lipinski definition) is 4. The maximum atomic E-state index is 8.09. The van der Waals surface area contributed by atoms with Crippen LogP contribution < -0.4 is 0 Å². The van der Waals surface area contributed by atoms with E-state index in [4.69, 9.17) is 4.11 Å². The SMILES string of the molecule is [3H]c1cc2ccn(-c3cc4ccccc4c([3H])n3)c2c([3H])n1.c1ccc2cc(-n3ccc4ccncc43)ncc2c1. The molecule has 0 N–H and O–H groups in total. The molecule has 0 aliphatic carbocycles. The van der Waals surface area contributed by atoms with E-state index in [9.17, 15) is 0 Å². The summed E-state index contributed by atoms with van der Waals surface area (Å²) < 4.78 is 27.5. The molecule has 2 aromatic carbocycles. The molecule has 0 aliphatic heterocycles. The van der Waals surface area contributed by atoms with Gasteiger partial charge in [0.05, 0.1) is 27.5 Å². The Morgan fingerprint density at radius 1 is 0.526 bits per heavy atom. The van der Waals surface area contributed by atoms with Crippen molar-refractivity contribution in [1.82, 2.24) is 29.1 Å². The first kappa shape index (κ1) is 18.8. The normalized spacial score (nSPS) is 12.3. The van der Waals surface area contributed by atoms with Crippen molar-refractivity contribution in [3.63, 3.8) is 0 Å². The monoisotopic (exact) mass is 496 g/mol. The second kappa shape index (κ2) is 9.26. The van der Waals surface area contributed by atoms with Gasteiger partial charge in [-0.15, -0.1) is 0 Å². The zero-order valence-corrected chi connectivity index (χ0v) is 20.2. The minimum absolute atomic E-state index is 0.0361. The highest BCUT2D eigenvalue weighted by Crippen LogP contribution is 2.22. The van der Waals surface area contributed by atoms with E-state index >= 15 is 0 Å². The maximum absolute atomic E-state index is 8.09. The summed E-state index contributed by atoms with van der Waals surface area (Å²) in [5, 5.41) is 6.01. The average molecular weight is 497 g/mol. The molecule has 0 saturated carbocycles. The van der Waals surface area contributed by atoms with Crippen molar-refractivity contribution in [3.05, 3.63) is 134 Å². The van der Waals surface area contributed by atoms with Gasteiger partial charge in [-0.05, 0) is 47.2 Å². The molecule has 8 rings (SSSR count). The first-order valence-electron chi connectivity index (χ1n) is 13.6. The van der Waals surface area contributed by atoms with Gasteiger partial charge in [-0.2, -0.15) is 0 Å². The van der Waals surface area contributed by atoms with Gasteiger partial charge in [-0.25, -0.2) is 9.97 Å². The van der Waals surface area contributed by atoms with Crippen LogP contribution in [0.1, 0.15) is 4.11 Å². The molecule has 0 radical (unpaired) electrons. The van der Waals surface area contributed by atoms with Crippen LogP contribution in [0, 0.1) is 0 Å². The first-order chi connectivity index (χ1) is 20.0. The second-order valence-electron chi connectivity index (χ2n) is 8.81. The highest BCUT2D eigenvalue weighted by molar-refractivity contribution is 5.86. The van der Waals surface area contributed by atoms with Crippen molar-refractivity contribution in [3.8, 4) is 11.6 Å². The van der Waals surface area contributed by atoms with Gasteiger partial charge in [0.25, 0.3) is 0 Å². The molecule has 180 valence electrons. The van der Waals surface area contributed by atoms with Crippen LogP contribution in [0.15, 0.2) is 134 Å². The summed E-state index contributed by atoms with van der Waals surface area (Å²) in [6.07, 6.45) is 9.71. The highest BCUT2D eigenvalue weighted by atomic mass is 15.1. The molecule has 0 atom stereocenters. The lowest BCUT2D eigenvalue weighted by atomic mass is 10.2. The molecule has 0 saturated heterocycles. The molecular formula is C32H22N6. The lowest BCUT2D eigenvalue weighted by Crippen LogP contribution is -1.95. The molecule has 6 heterocycles. The van der Waals surface area contributed by atoms with Crippen LogP contribution in [0.3, 0.4) is 0 Å². The number of pyridine rings is 4. The predicted molar refractivity (Wildman–Crippen MR) is 153 cm³/mol. The zero-order chi connectivity index (χ0) is 27.9. The van der Waals surface area contributed by atoms with Crippen molar-refractivity contribution in [1.29, 1.82) is 0 Å². The van der Waals surface area contributed by atoms with Gasteiger partial charge in [-0.3, -0.25) is 19.1 Å². The summed E-state index contributed by atoms with van der Waals surface area (Å²) in [6.45, 7) is 0. The number of rotatable bonds is 2. The number of aromatic nitrogens is 6. The van der Waals surface area contributed by atoms with E-state index in [0.29, 0.717) is 11.3 Å². The standard InChI is InChI=1S/2C16H11N3/c2*1-2-4-14-10-18-16(9-13(14)3-1)19-8-6-12-5-7-17-11-15(12)19/h2*1-11H/i7T,10T,11T;. The first-order valence-corrected chi connectivity index (χ1v) is 12.1. The van der Waals surface area contributed by atoms with Crippen molar-refractivity contribution in [2.45, 2.75) is 0 Å². The maximum Gasteiger partial charge on any atom is 0.137 e. The van der Waals surface area contributed by atoms with Gasteiger partial charge in [-0.1, -0.05) is 48.5 Å².